The van der Waals surface area contributed by atoms with Gasteiger partial charge >= 0.3 is 0 Å². The van der Waals surface area contributed by atoms with Crippen molar-refractivity contribution >= 4 is 0 Å². The maximum atomic E-state index is 11.4. The third-order valence-corrected chi connectivity index (χ3v) is 8.99. The van der Waals surface area contributed by atoms with Crippen molar-refractivity contribution in [3.05, 3.63) is 0 Å². The third-order valence-electron chi connectivity index (χ3n) is 8.99. The first-order chi connectivity index (χ1) is 13.2. The summed E-state index contributed by atoms with van der Waals surface area (Å²) >= 11 is 0. The summed E-state index contributed by atoms with van der Waals surface area (Å²) < 4.78 is 0. The van der Waals surface area contributed by atoms with Crippen LogP contribution in [0.1, 0.15) is 109 Å². The molecular weight excluding hydrogens is 368 g/mol. The molecule has 2 saturated carbocycles. The number of aliphatic hydroxyl groups is 2. The second-order valence-corrected chi connectivity index (χ2v) is 15.3. The molecule has 0 aromatic rings. The van der Waals surface area contributed by atoms with Gasteiger partial charge in [0.25, 0.3) is 0 Å². The van der Waals surface area contributed by atoms with E-state index < -0.39 is 0 Å². The van der Waals surface area contributed by atoms with Crippen LogP contribution in [0.2, 0.25) is 0 Å². The van der Waals surface area contributed by atoms with Crippen molar-refractivity contribution in [3.63, 3.8) is 0 Å². The first kappa shape index (κ1) is 26.2. The number of rotatable bonds is 1. The highest BCUT2D eigenvalue weighted by Crippen LogP contribution is 2.56. The number of aliphatic hydroxyl groups excluding tert-OH is 2. The van der Waals surface area contributed by atoms with E-state index in [0.717, 1.165) is 25.7 Å². The highest BCUT2D eigenvalue weighted by molar-refractivity contribution is 5.01. The van der Waals surface area contributed by atoms with E-state index in [1.807, 2.05) is 0 Å². The van der Waals surface area contributed by atoms with Crippen LogP contribution in [0.3, 0.4) is 0 Å². The van der Waals surface area contributed by atoms with Crippen molar-refractivity contribution in [1.29, 1.82) is 0 Å². The first-order valence-electron chi connectivity index (χ1n) is 12.6. The Morgan fingerprint density at radius 1 is 0.400 bits per heavy atom. The average molecular weight is 423 g/mol. The Balaban J connectivity index is 2.41. The Morgan fingerprint density at radius 2 is 0.567 bits per heavy atom. The number of hydrogen-bond acceptors (Lipinski definition) is 2. The summed E-state index contributed by atoms with van der Waals surface area (Å²) in [4.78, 5) is 0. The van der Waals surface area contributed by atoms with E-state index in [1.54, 1.807) is 0 Å². The molecule has 2 heteroatoms. The minimum Gasteiger partial charge on any atom is -0.393 e. The van der Waals surface area contributed by atoms with E-state index in [0.29, 0.717) is 35.5 Å². The molecule has 0 heterocycles. The summed E-state index contributed by atoms with van der Waals surface area (Å²) in [6.07, 6.45) is 4.09. The van der Waals surface area contributed by atoms with E-state index >= 15 is 0 Å². The Bertz CT molecular complexity index is 465. The monoisotopic (exact) mass is 422 g/mol. The minimum atomic E-state index is -0.216. The quantitative estimate of drug-likeness (QED) is 0.470. The molecule has 2 aliphatic rings. The molecule has 2 N–H and O–H groups in total. The number of hydrogen-bond donors (Lipinski definition) is 2. The molecule has 0 spiro atoms. The molecule has 8 atom stereocenters. The van der Waals surface area contributed by atoms with Crippen LogP contribution in [0.25, 0.3) is 0 Å². The predicted octanol–water partition coefficient (Wildman–Crippen LogP) is 7.18. The normalized spacial score (nSPS) is 39.8. The van der Waals surface area contributed by atoms with Crippen LogP contribution in [0.5, 0.6) is 0 Å². The molecule has 2 rings (SSSR count). The molecule has 0 radical (unpaired) electrons. The summed E-state index contributed by atoms with van der Waals surface area (Å²) in [5, 5.41) is 22.8. The molecule has 178 valence electrons. The molecule has 0 aliphatic heterocycles. The van der Waals surface area contributed by atoms with Gasteiger partial charge in [0, 0.05) is 0 Å². The fourth-order valence-corrected chi connectivity index (χ4v) is 6.85. The Labute approximate surface area is 188 Å². The van der Waals surface area contributed by atoms with Crippen molar-refractivity contribution in [2.75, 3.05) is 0 Å². The summed E-state index contributed by atoms with van der Waals surface area (Å²) in [7, 11) is 0. The Kier molecular flexibility index (Phi) is 7.30. The molecule has 0 bridgehead atoms. The second-order valence-electron chi connectivity index (χ2n) is 15.3. The molecule has 0 saturated heterocycles. The highest BCUT2D eigenvalue weighted by Gasteiger charge is 2.52. The van der Waals surface area contributed by atoms with Gasteiger partial charge in [-0.3, -0.25) is 0 Å². The zero-order valence-corrected chi connectivity index (χ0v) is 22.3. The molecule has 0 aromatic heterocycles. The van der Waals surface area contributed by atoms with Gasteiger partial charge in [-0.05, 0) is 82.9 Å². The Hall–Kier alpha value is -0.0800. The van der Waals surface area contributed by atoms with Gasteiger partial charge in [-0.1, -0.05) is 83.1 Å². The van der Waals surface area contributed by atoms with Gasteiger partial charge in [0.15, 0.2) is 0 Å². The van der Waals surface area contributed by atoms with Gasteiger partial charge in [0.1, 0.15) is 0 Å². The van der Waals surface area contributed by atoms with Gasteiger partial charge in [0.05, 0.1) is 12.2 Å². The van der Waals surface area contributed by atoms with E-state index in [1.165, 1.54) is 0 Å². The van der Waals surface area contributed by atoms with Crippen LogP contribution >= 0.6 is 0 Å². The topological polar surface area (TPSA) is 40.5 Å². The van der Waals surface area contributed by atoms with Gasteiger partial charge in [-0.2, -0.15) is 0 Å². The average Bonchev–Trinajstić information content (AvgIpc) is 2.50. The van der Waals surface area contributed by atoms with Crippen LogP contribution in [0.4, 0.5) is 0 Å². The van der Waals surface area contributed by atoms with Crippen molar-refractivity contribution in [1.82, 2.24) is 0 Å². The molecule has 2 nitrogen and oxygen atoms in total. The van der Waals surface area contributed by atoms with E-state index in [2.05, 4.69) is 83.1 Å². The maximum Gasteiger partial charge on any atom is 0.0606 e. The van der Waals surface area contributed by atoms with Crippen LogP contribution in [0, 0.1) is 57.2 Å². The minimum absolute atomic E-state index is 0.114. The molecule has 2 aliphatic carbocycles. The van der Waals surface area contributed by atoms with Gasteiger partial charge < -0.3 is 10.2 Å². The fourth-order valence-electron chi connectivity index (χ4n) is 6.85. The standard InChI is InChI=1S/C28H54O2/c1-25(2,3)19-13-17(14-20(23(19)29)26(4,5)6)18-15-21(27(7,8)9)24(30)22(16-18)28(10,11)12/h17-24,29-30H,13-16H2,1-12H3/t17?,18?,19-,20?,21+,22?,23?,24?. The smallest absolute Gasteiger partial charge is 0.0606 e. The molecule has 30 heavy (non-hydrogen) atoms. The van der Waals surface area contributed by atoms with Crippen LogP contribution in [0.15, 0.2) is 0 Å². The molecule has 0 aromatic carbocycles. The van der Waals surface area contributed by atoms with Gasteiger partial charge in [-0.15, -0.1) is 0 Å². The largest absolute Gasteiger partial charge is 0.393 e. The van der Waals surface area contributed by atoms with Crippen LogP contribution in [-0.2, 0) is 0 Å². The molecule has 6 unspecified atom stereocenters. The van der Waals surface area contributed by atoms with E-state index in [9.17, 15) is 10.2 Å². The third kappa shape index (κ3) is 5.64. The van der Waals surface area contributed by atoms with Gasteiger partial charge in [-0.25, -0.2) is 0 Å². The lowest BCUT2D eigenvalue weighted by atomic mass is 9.52. The fraction of sp³-hybridized carbons (Fsp3) is 1.00. The van der Waals surface area contributed by atoms with Gasteiger partial charge in [0.2, 0.25) is 0 Å². The highest BCUT2D eigenvalue weighted by atomic mass is 16.3. The Morgan fingerprint density at radius 3 is 0.700 bits per heavy atom. The van der Waals surface area contributed by atoms with E-state index in [4.69, 9.17) is 0 Å². The lowest BCUT2D eigenvalue weighted by molar-refractivity contribution is -0.124. The van der Waals surface area contributed by atoms with Crippen LogP contribution < -0.4 is 0 Å². The van der Waals surface area contributed by atoms with Crippen molar-refractivity contribution < 1.29 is 10.2 Å². The predicted molar refractivity (Wildman–Crippen MR) is 129 cm³/mol. The summed E-state index contributed by atoms with van der Waals surface area (Å²) in [6.45, 7) is 27.7. The van der Waals surface area contributed by atoms with Crippen molar-refractivity contribution in [2.24, 2.45) is 57.2 Å². The zero-order chi connectivity index (χ0) is 23.4. The molecular formula is C28H54O2. The molecule has 0 amide bonds. The summed E-state index contributed by atoms with van der Waals surface area (Å²) in [6, 6.07) is 0. The van der Waals surface area contributed by atoms with Crippen molar-refractivity contribution in [3.8, 4) is 0 Å². The SMILES string of the molecule is CC(C)(C)C1CC(C2CC(C(C)(C)C)C(O)[C@@H](C(C)(C)C)C2)C[C@@H](C(C)(C)C)C1O. The first-order valence-corrected chi connectivity index (χ1v) is 12.6. The zero-order valence-electron chi connectivity index (χ0n) is 22.3. The lowest BCUT2D eigenvalue weighted by Crippen LogP contribution is -2.52. The second kappa shape index (κ2) is 8.36. The summed E-state index contributed by atoms with van der Waals surface area (Å²) in [5.41, 5.74) is 0.455. The van der Waals surface area contributed by atoms with Crippen LogP contribution in [-0.4, -0.2) is 22.4 Å². The lowest BCUT2D eigenvalue weighted by Gasteiger charge is -2.55. The van der Waals surface area contributed by atoms with Crippen molar-refractivity contribution in [2.45, 2.75) is 121 Å². The maximum absolute atomic E-state index is 11.4. The molecule has 2 fully saturated rings. The van der Waals surface area contributed by atoms with E-state index in [-0.39, 0.29) is 33.9 Å². The summed E-state index contributed by atoms with van der Waals surface area (Å²) in [5.74, 6) is 2.65.